The number of carboxylic acid groups (broad SMARTS) is 1. The van der Waals surface area contributed by atoms with Crippen LogP contribution >= 0.6 is 0 Å². The first-order chi connectivity index (χ1) is 9.28. The van der Waals surface area contributed by atoms with E-state index in [0.29, 0.717) is 12.5 Å². The molecule has 3 N–H and O–H groups in total. The van der Waals surface area contributed by atoms with E-state index in [-0.39, 0.29) is 12.5 Å². The number of carbonyl (C=O) groups excluding carboxylic acids is 1. The normalized spacial score (nSPS) is 17.8. The fourth-order valence-corrected chi connectivity index (χ4v) is 2.51. The van der Waals surface area contributed by atoms with Gasteiger partial charge in [0.25, 0.3) is 0 Å². The average Bonchev–Trinajstić information content (AvgIpc) is 2.29. The Balaban J connectivity index is 2.18. The molecule has 1 heterocycles. The molecular formula is C14H27N3O3. The Bertz CT molecular complexity index is 337. The van der Waals surface area contributed by atoms with Gasteiger partial charge in [0.1, 0.15) is 0 Å². The lowest BCUT2D eigenvalue weighted by Gasteiger charge is -2.29. The molecule has 1 rings (SSSR count). The van der Waals surface area contributed by atoms with Crippen LogP contribution in [0, 0.1) is 5.92 Å². The van der Waals surface area contributed by atoms with E-state index in [1.54, 1.807) is 13.8 Å². The second-order valence-electron chi connectivity index (χ2n) is 6.37. The molecule has 0 bridgehead atoms. The van der Waals surface area contributed by atoms with Gasteiger partial charge in [-0.05, 0) is 59.2 Å². The highest BCUT2D eigenvalue weighted by Gasteiger charge is 2.24. The summed E-state index contributed by atoms with van der Waals surface area (Å²) in [5, 5.41) is 14.3. The molecule has 1 fully saturated rings. The fourth-order valence-electron chi connectivity index (χ4n) is 2.51. The van der Waals surface area contributed by atoms with Gasteiger partial charge in [-0.1, -0.05) is 0 Å². The molecule has 0 aromatic heterocycles. The predicted octanol–water partition coefficient (Wildman–Crippen LogP) is 1.27. The minimum Gasteiger partial charge on any atom is -0.481 e. The third-order valence-corrected chi connectivity index (χ3v) is 3.72. The zero-order valence-corrected chi connectivity index (χ0v) is 12.7. The van der Waals surface area contributed by atoms with Crippen LogP contribution in [0.4, 0.5) is 4.79 Å². The lowest BCUT2D eigenvalue weighted by molar-refractivity contribution is -0.138. The molecule has 6 nitrogen and oxygen atoms in total. The Kier molecular flexibility index (Phi) is 6.26. The third-order valence-electron chi connectivity index (χ3n) is 3.72. The van der Waals surface area contributed by atoms with Gasteiger partial charge in [-0.2, -0.15) is 0 Å². The molecule has 0 aromatic carbocycles. The van der Waals surface area contributed by atoms with Gasteiger partial charge in [-0.15, -0.1) is 0 Å². The number of nitrogens with one attached hydrogen (secondary N) is 2. The molecule has 2 amide bonds. The number of aliphatic carboxylic acids is 1. The minimum atomic E-state index is -0.915. The number of amides is 2. The van der Waals surface area contributed by atoms with E-state index < -0.39 is 11.5 Å². The molecule has 0 saturated carbocycles. The third kappa shape index (κ3) is 6.75. The van der Waals surface area contributed by atoms with Crippen molar-refractivity contribution in [1.82, 2.24) is 15.5 Å². The van der Waals surface area contributed by atoms with Crippen molar-refractivity contribution in [3.8, 4) is 0 Å². The van der Waals surface area contributed by atoms with E-state index in [1.807, 2.05) is 0 Å². The molecule has 20 heavy (non-hydrogen) atoms. The van der Waals surface area contributed by atoms with Crippen LogP contribution in [0.2, 0.25) is 0 Å². The first-order valence-electron chi connectivity index (χ1n) is 7.25. The number of carbonyl (C=O) groups is 2. The number of carboxylic acids is 1. The fraction of sp³-hybridized carbons (Fsp3) is 0.857. The zero-order chi connectivity index (χ0) is 15.2. The second-order valence-corrected chi connectivity index (χ2v) is 6.37. The monoisotopic (exact) mass is 285 g/mol. The molecule has 0 aromatic rings. The van der Waals surface area contributed by atoms with Gasteiger partial charge in [0.15, 0.2) is 0 Å². The summed E-state index contributed by atoms with van der Waals surface area (Å²) in [5.74, 6) is -0.236. The highest BCUT2D eigenvalue weighted by Crippen LogP contribution is 2.18. The van der Waals surface area contributed by atoms with Crippen LogP contribution < -0.4 is 10.6 Å². The van der Waals surface area contributed by atoms with Crippen molar-refractivity contribution in [2.45, 2.75) is 45.1 Å². The summed E-state index contributed by atoms with van der Waals surface area (Å²) in [4.78, 5) is 24.7. The predicted molar refractivity (Wildman–Crippen MR) is 77.7 cm³/mol. The van der Waals surface area contributed by atoms with Crippen molar-refractivity contribution in [1.29, 1.82) is 0 Å². The maximum absolute atomic E-state index is 11.7. The summed E-state index contributed by atoms with van der Waals surface area (Å²) < 4.78 is 0. The molecule has 0 aliphatic carbocycles. The van der Waals surface area contributed by atoms with Crippen LogP contribution in [0.5, 0.6) is 0 Å². The highest BCUT2D eigenvalue weighted by molar-refractivity contribution is 5.76. The van der Waals surface area contributed by atoms with E-state index in [1.165, 1.54) is 12.8 Å². The quantitative estimate of drug-likeness (QED) is 0.686. The number of hydrogen-bond acceptors (Lipinski definition) is 3. The van der Waals surface area contributed by atoms with Gasteiger partial charge in [-0.3, -0.25) is 4.79 Å². The Morgan fingerprint density at radius 3 is 2.45 bits per heavy atom. The van der Waals surface area contributed by atoms with Gasteiger partial charge in [0.05, 0.1) is 6.42 Å². The van der Waals surface area contributed by atoms with Gasteiger partial charge in [0, 0.05) is 12.1 Å². The van der Waals surface area contributed by atoms with Crippen molar-refractivity contribution in [3.05, 3.63) is 0 Å². The number of piperidine rings is 1. The molecular weight excluding hydrogens is 258 g/mol. The molecule has 0 radical (unpaired) electrons. The summed E-state index contributed by atoms with van der Waals surface area (Å²) >= 11 is 0. The first-order valence-corrected chi connectivity index (χ1v) is 7.25. The van der Waals surface area contributed by atoms with Gasteiger partial charge in [-0.25, -0.2) is 4.79 Å². The minimum absolute atomic E-state index is 0.0879. The Hall–Kier alpha value is -1.30. The topological polar surface area (TPSA) is 81.7 Å². The molecule has 0 unspecified atom stereocenters. The number of hydrogen-bond donors (Lipinski definition) is 3. The van der Waals surface area contributed by atoms with Crippen LogP contribution in [0.3, 0.4) is 0 Å². The SMILES string of the molecule is CN1CCC(CCNC(=O)NC(C)(C)CC(=O)O)CC1. The Morgan fingerprint density at radius 2 is 1.90 bits per heavy atom. The molecule has 1 saturated heterocycles. The lowest BCUT2D eigenvalue weighted by atomic mass is 9.94. The summed E-state index contributed by atoms with van der Waals surface area (Å²) in [6, 6.07) is -0.288. The van der Waals surface area contributed by atoms with Crippen LogP contribution in [0.25, 0.3) is 0 Å². The van der Waals surface area contributed by atoms with Crippen molar-refractivity contribution < 1.29 is 14.7 Å². The summed E-state index contributed by atoms with van der Waals surface area (Å²) in [7, 11) is 2.13. The smallest absolute Gasteiger partial charge is 0.315 e. The first kappa shape index (κ1) is 16.8. The molecule has 1 aliphatic heterocycles. The van der Waals surface area contributed by atoms with E-state index in [4.69, 9.17) is 5.11 Å². The molecule has 6 heteroatoms. The van der Waals surface area contributed by atoms with Crippen LogP contribution in [-0.2, 0) is 4.79 Å². The Morgan fingerprint density at radius 1 is 1.30 bits per heavy atom. The maximum Gasteiger partial charge on any atom is 0.315 e. The number of nitrogens with zero attached hydrogens (tertiary/aromatic N) is 1. The van der Waals surface area contributed by atoms with E-state index >= 15 is 0 Å². The summed E-state index contributed by atoms with van der Waals surface area (Å²) in [6.45, 7) is 6.31. The molecule has 1 aliphatic rings. The van der Waals surface area contributed by atoms with Crippen LogP contribution in [0.15, 0.2) is 0 Å². The molecule has 0 spiro atoms. The molecule has 116 valence electrons. The van der Waals surface area contributed by atoms with Crippen molar-refractivity contribution in [2.75, 3.05) is 26.7 Å². The summed E-state index contributed by atoms with van der Waals surface area (Å²) in [6.07, 6.45) is 3.27. The second kappa shape index (κ2) is 7.47. The summed E-state index contributed by atoms with van der Waals surface area (Å²) in [5.41, 5.74) is -0.733. The van der Waals surface area contributed by atoms with Crippen molar-refractivity contribution >= 4 is 12.0 Å². The van der Waals surface area contributed by atoms with Gasteiger partial charge >= 0.3 is 12.0 Å². The van der Waals surface area contributed by atoms with E-state index in [9.17, 15) is 9.59 Å². The standard InChI is InChI=1S/C14H27N3O3/c1-14(2,10-12(18)19)16-13(20)15-7-4-11-5-8-17(3)9-6-11/h11H,4-10H2,1-3H3,(H,18,19)(H2,15,16,20). The highest BCUT2D eigenvalue weighted by atomic mass is 16.4. The van der Waals surface area contributed by atoms with E-state index in [2.05, 4.69) is 22.6 Å². The van der Waals surface area contributed by atoms with E-state index in [0.717, 1.165) is 19.5 Å². The van der Waals surface area contributed by atoms with Crippen molar-refractivity contribution in [2.24, 2.45) is 5.92 Å². The van der Waals surface area contributed by atoms with Crippen LogP contribution in [-0.4, -0.2) is 54.2 Å². The average molecular weight is 285 g/mol. The largest absolute Gasteiger partial charge is 0.481 e. The number of likely N-dealkylation sites (tertiary alicyclic amines) is 1. The van der Waals surface area contributed by atoms with Crippen molar-refractivity contribution in [3.63, 3.8) is 0 Å². The maximum atomic E-state index is 11.7. The zero-order valence-electron chi connectivity index (χ0n) is 12.7. The number of urea groups is 1. The molecule has 0 atom stereocenters. The van der Waals surface area contributed by atoms with Crippen LogP contribution in [0.1, 0.15) is 39.5 Å². The lowest BCUT2D eigenvalue weighted by Crippen LogP contribution is -2.49. The van der Waals surface area contributed by atoms with Gasteiger partial charge < -0.3 is 20.6 Å². The Labute approximate surface area is 120 Å². The van der Waals surface area contributed by atoms with Gasteiger partial charge in [0.2, 0.25) is 0 Å². The number of rotatable bonds is 6.